The third kappa shape index (κ3) is 4.09. The van der Waals surface area contributed by atoms with E-state index in [1.807, 2.05) is 24.3 Å². The molecule has 24 heavy (non-hydrogen) atoms. The van der Waals surface area contributed by atoms with Crippen molar-refractivity contribution in [2.24, 2.45) is 0 Å². The summed E-state index contributed by atoms with van der Waals surface area (Å²) in [4.78, 5) is 0.141. The lowest BCUT2D eigenvalue weighted by molar-refractivity contribution is 0.396. The van der Waals surface area contributed by atoms with Gasteiger partial charge in [-0.3, -0.25) is 0 Å². The van der Waals surface area contributed by atoms with Crippen LogP contribution in [0.5, 0.6) is 11.5 Å². The van der Waals surface area contributed by atoms with Crippen LogP contribution in [0.4, 0.5) is 0 Å². The molecule has 0 radical (unpaired) electrons. The predicted octanol–water partition coefficient (Wildman–Crippen LogP) is 3.33. The molecule has 0 aliphatic heterocycles. The molecule has 0 N–H and O–H groups in total. The fourth-order valence-electron chi connectivity index (χ4n) is 2.33. The molecule has 5 nitrogen and oxygen atoms in total. The quantitative estimate of drug-likeness (QED) is 0.698. The molecule has 0 aromatic heterocycles. The smallest absolute Gasteiger partial charge is 0.246 e. The van der Waals surface area contributed by atoms with Crippen LogP contribution in [0.15, 0.2) is 51.8 Å². The molecule has 130 valence electrons. The lowest BCUT2D eigenvalue weighted by Gasteiger charge is -2.19. The number of rotatable bonds is 7. The van der Waals surface area contributed by atoms with Gasteiger partial charge in [0.05, 0.1) is 14.2 Å². The zero-order valence-corrected chi connectivity index (χ0v) is 16.2. The monoisotopic (exact) mass is 413 g/mol. The minimum Gasteiger partial charge on any atom is -0.496 e. The predicted molar refractivity (Wildman–Crippen MR) is 97.2 cm³/mol. The number of benzene rings is 2. The average molecular weight is 414 g/mol. The molecule has 2 aromatic rings. The molecule has 2 rings (SSSR count). The standard InChI is InChI=1S/C17H20BrNO4S/c1-19(11-10-13-6-4-5-7-15(13)22-2)24(20,21)17-12-14(18)8-9-16(17)23-3/h4-9,12H,10-11H2,1-3H3. The van der Waals surface area contributed by atoms with Crippen LogP contribution in [-0.2, 0) is 16.4 Å². The number of halogens is 1. The molecule has 0 aliphatic rings. The van der Waals surface area contributed by atoms with Crippen LogP contribution >= 0.6 is 15.9 Å². The molecule has 0 spiro atoms. The molecule has 0 atom stereocenters. The first kappa shape index (κ1) is 18.8. The summed E-state index contributed by atoms with van der Waals surface area (Å²) in [5, 5.41) is 0. The summed E-state index contributed by atoms with van der Waals surface area (Å²) < 4.78 is 38.2. The Balaban J connectivity index is 2.22. The summed E-state index contributed by atoms with van der Waals surface area (Å²) in [7, 11) is 0.962. The fraction of sp³-hybridized carbons (Fsp3) is 0.294. The first-order valence-electron chi connectivity index (χ1n) is 7.32. The van der Waals surface area contributed by atoms with Gasteiger partial charge in [-0.1, -0.05) is 34.1 Å². The van der Waals surface area contributed by atoms with E-state index in [-0.39, 0.29) is 4.90 Å². The molecule has 0 bridgehead atoms. The second kappa shape index (κ2) is 8.00. The third-order valence-corrected chi connectivity index (χ3v) is 6.07. The van der Waals surface area contributed by atoms with Gasteiger partial charge in [-0.05, 0) is 36.2 Å². The Morgan fingerprint density at radius 2 is 1.71 bits per heavy atom. The van der Waals surface area contributed by atoms with Crippen molar-refractivity contribution in [1.29, 1.82) is 0 Å². The van der Waals surface area contributed by atoms with E-state index in [0.717, 1.165) is 11.3 Å². The number of para-hydroxylation sites is 1. The van der Waals surface area contributed by atoms with Gasteiger partial charge in [0.25, 0.3) is 0 Å². The molecular weight excluding hydrogens is 394 g/mol. The van der Waals surface area contributed by atoms with Crippen molar-refractivity contribution >= 4 is 26.0 Å². The van der Waals surface area contributed by atoms with Crippen molar-refractivity contribution in [2.45, 2.75) is 11.3 Å². The van der Waals surface area contributed by atoms with Crippen LogP contribution in [0.3, 0.4) is 0 Å². The van der Waals surface area contributed by atoms with Crippen molar-refractivity contribution in [3.05, 3.63) is 52.5 Å². The first-order valence-corrected chi connectivity index (χ1v) is 9.55. The summed E-state index contributed by atoms with van der Waals surface area (Å²) in [6, 6.07) is 12.5. The number of likely N-dealkylation sites (N-methyl/N-ethyl adjacent to an activating group) is 1. The largest absolute Gasteiger partial charge is 0.496 e. The Morgan fingerprint density at radius 1 is 1.04 bits per heavy atom. The minimum absolute atomic E-state index is 0.141. The summed E-state index contributed by atoms with van der Waals surface area (Å²) >= 11 is 3.31. The molecule has 0 amide bonds. The average Bonchev–Trinajstić information content (AvgIpc) is 2.59. The van der Waals surface area contributed by atoms with E-state index in [1.54, 1.807) is 32.4 Å². The van der Waals surface area contributed by atoms with E-state index in [2.05, 4.69) is 15.9 Å². The second-order valence-corrected chi connectivity index (χ2v) is 8.11. The van der Waals surface area contributed by atoms with E-state index >= 15 is 0 Å². The van der Waals surface area contributed by atoms with E-state index in [4.69, 9.17) is 9.47 Å². The minimum atomic E-state index is -3.66. The van der Waals surface area contributed by atoms with Gasteiger partial charge in [0.2, 0.25) is 10.0 Å². The van der Waals surface area contributed by atoms with E-state index in [9.17, 15) is 8.42 Å². The third-order valence-electron chi connectivity index (χ3n) is 3.70. The van der Waals surface area contributed by atoms with E-state index < -0.39 is 10.0 Å². The number of methoxy groups -OCH3 is 2. The zero-order valence-electron chi connectivity index (χ0n) is 13.8. The summed E-state index contributed by atoms with van der Waals surface area (Å²) in [6.45, 7) is 0.332. The number of nitrogens with zero attached hydrogens (tertiary/aromatic N) is 1. The Kier molecular flexibility index (Phi) is 6.26. The van der Waals surface area contributed by atoms with Crippen molar-refractivity contribution in [3.8, 4) is 11.5 Å². The molecule has 0 unspecified atom stereocenters. The molecule has 0 heterocycles. The highest BCUT2D eigenvalue weighted by Crippen LogP contribution is 2.29. The maximum Gasteiger partial charge on any atom is 0.246 e. The van der Waals surface area contributed by atoms with Crippen LogP contribution in [0, 0.1) is 0 Å². The van der Waals surface area contributed by atoms with Gasteiger partial charge in [0.15, 0.2) is 0 Å². The van der Waals surface area contributed by atoms with Gasteiger partial charge in [0, 0.05) is 18.1 Å². The first-order chi connectivity index (χ1) is 11.4. The van der Waals surface area contributed by atoms with Crippen molar-refractivity contribution in [2.75, 3.05) is 27.8 Å². The van der Waals surface area contributed by atoms with Crippen molar-refractivity contribution < 1.29 is 17.9 Å². The Bertz CT molecular complexity index is 808. The highest BCUT2D eigenvalue weighted by Gasteiger charge is 2.25. The summed E-state index contributed by atoms with van der Waals surface area (Å²) in [5.74, 6) is 1.07. The van der Waals surface area contributed by atoms with Crippen LogP contribution in [0.1, 0.15) is 5.56 Å². The van der Waals surface area contributed by atoms with Crippen molar-refractivity contribution in [3.63, 3.8) is 0 Å². The summed E-state index contributed by atoms with van der Waals surface area (Å²) in [5.41, 5.74) is 0.961. The number of sulfonamides is 1. The Morgan fingerprint density at radius 3 is 2.38 bits per heavy atom. The second-order valence-electron chi connectivity index (χ2n) is 5.18. The van der Waals surface area contributed by atoms with E-state index in [0.29, 0.717) is 23.2 Å². The normalized spacial score (nSPS) is 11.5. The molecule has 2 aromatic carbocycles. The van der Waals surface area contributed by atoms with E-state index in [1.165, 1.54) is 11.4 Å². The molecule has 0 fully saturated rings. The topological polar surface area (TPSA) is 55.8 Å². The lowest BCUT2D eigenvalue weighted by atomic mass is 10.1. The Hall–Kier alpha value is -1.57. The van der Waals surface area contributed by atoms with Gasteiger partial charge < -0.3 is 9.47 Å². The molecule has 0 aliphatic carbocycles. The SMILES string of the molecule is COc1ccccc1CCN(C)S(=O)(=O)c1cc(Br)ccc1OC. The van der Waals surface area contributed by atoms with Gasteiger partial charge in [0.1, 0.15) is 16.4 Å². The van der Waals surface area contributed by atoms with Crippen molar-refractivity contribution in [1.82, 2.24) is 4.31 Å². The fourth-order valence-corrected chi connectivity index (χ4v) is 4.19. The zero-order chi connectivity index (χ0) is 17.7. The summed E-state index contributed by atoms with van der Waals surface area (Å²) in [6.07, 6.45) is 0.552. The van der Waals surface area contributed by atoms with Gasteiger partial charge in [-0.15, -0.1) is 0 Å². The maximum atomic E-state index is 12.8. The number of ether oxygens (including phenoxy) is 2. The Labute approximate surface area is 151 Å². The number of hydrogen-bond donors (Lipinski definition) is 0. The lowest BCUT2D eigenvalue weighted by Crippen LogP contribution is -2.29. The maximum absolute atomic E-state index is 12.8. The molecule has 7 heteroatoms. The highest BCUT2D eigenvalue weighted by atomic mass is 79.9. The van der Waals surface area contributed by atoms with Crippen LogP contribution in [0.2, 0.25) is 0 Å². The number of hydrogen-bond acceptors (Lipinski definition) is 4. The van der Waals surface area contributed by atoms with Gasteiger partial charge in [-0.25, -0.2) is 12.7 Å². The van der Waals surface area contributed by atoms with Crippen LogP contribution in [0.25, 0.3) is 0 Å². The molecule has 0 saturated heterocycles. The van der Waals surface area contributed by atoms with Gasteiger partial charge >= 0.3 is 0 Å². The highest BCUT2D eigenvalue weighted by molar-refractivity contribution is 9.10. The van der Waals surface area contributed by atoms with Crippen LogP contribution in [-0.4, -0.2) is 40.5 Å². The van der Waals surface area contributed by atoms with Crippen LogP contribution < -0.4 is 9.47 Å². The molecular formula is C17H20BrNO4S. The molecule has 0 saturated carbocycles. The van der Waals surface area contributed by atoms with Gasteiger partial charge in [-0.2, -0.15) is 0 Å².